The van der Waals surface area contributed by atoms with Crippen LogP contribution in [0.2, 0.25) is 0 Å². The molecule has 0 saturated carbocycles. The van der Waals surface area contributed by atoms with Crippen molar-refractivity contribution in [2.45, 2.75) is 6.92 Å². The first-order valence-electron chi connectivity index (χ1n) is 10.3. The molecular weight excluding hydrogens is 418 g/mol. The van der Waals surface area contributed by atoms with E-state index in [9.17, 15) is 9.59 Å². The zero-order valence-corrected chi connectivity index (χ0v) is 18.6. The number of nitrogens with zero attached hydrogens (tertiary/aromatic N) is 1. The van der Waals surface area contributed by atoms with Crippen LogP contribution >= 0.6 is 0 Å². The number of benzene rings is 3. The Kier molecular flexibility index (Phi) is 6.26. The normalized spacial score (nSPS) is 14.6. The number of amides is 1. The third-order valence-electron chi connectivity index (χ3n) is 5.25. The van der Waals surface area contributed by atoms with Gasteiger partial charge in [0.2, 0.25) is 0 Å². The van der Waals surface area contributed by atoms with Crippen LogP contribution in [0.3, 0.4) is 0 Å². The number of anilines is 1. The van der Waals surface area contributed by atoms with Crippen LogP contribution in [0.1, 0.15) is 12.5 Å². The minimum atomic E-state index is -0.575. The standard InChI is InChI=1S/C27H23NO5/c1-18-25(27(30)32-3)24(26(29)28(18)20-10-8-13-22(17-20)31-2)16-19-9-7-14-23(15-19)33-21-11-5-4-6-12-21/h4-17H,1-3H3/b24-16-. The van der Waals surface area contributed by atoms with Gasteiger partial charge in [-0.25, -0.2) is 4.79 Å². The number of ether oxygens (including phenoxy) is 3. The third kappa shape index (κ3) is 4.50. The highest BCUT2D eigenvalue weighted by atomic mass is 16.5. The summed E-state index contributed by atoms with van der Waals surface area (Å²) in [6.45, 7) is 1.72. The summed E-state index contributed by atoms with van der Waals surface area (Å²) in [7, 11) is 2.86. The number of allylic oxidation sites excluding steroid dienone is 1. The van der Waals surface area contributed by atoms with Crippen LogP contribution < -0.4 is 14.4 Å². The summed E-state index contributed by atoms with van der Waals surface area (Å²) < 4.78 is 16.2. The van der Waals surface area contributed by atoms with Gasteiger partial charge in [-0.1, -0.05) is 36.4 Å². The molecule has 166 valence electrons. The number of para-hydroxylation sites is 1. The van der Waals surface area contributed by atoms with Crippen LogP contribution in [0.15, 0.2) is 95.7 Å². The fourth-order valence-electron chi connectivity index (χ4n) is 3.70. The van der Waals surface area contributed by atoms with Crippen LogP contribution in [-0.4, -0.2) is 26.1 Å². The van der Waals surface area contributed by atoms with Crippen molar-refractivity contribution in [3.8, 4) is 17.2 Å². The predicted molar refractivity (Wildman–Crippen MR) is 126 cm³/mol. The van der Waals surface area contributed by atoms with Crippen molar-refractivity contribution in [2.24, 2.45) is 0 Å². The van der Waals surface area contributed by atoms with Crippen LogP contribution in [-0.2, 0) is 14.3 Å². The minimum Gasteiger partial charge on any atom is -0.497 e. The van der Waals surface area contributed by atoms with Crippen molar-refractivity contribution in [1.82, 2.24) is 0 Å². The van der Waals surface area contributed by atoms with Crippen molar-refractivity contribution >= 4 is 23.6 Å². The molecule has 0 unspecified atom stereocenters. The first-order chi connectivity index (χ1) is 16.0. The Morgan fingerprint density at radius 1 is 0.848 bits per heavy atom. The molecule has 0 aromatic heterocycles. The predicted octanol–water partition coefficient (Wildman–Crippen LogP) is 5.36. The molecule has 6 heteroatoms. The van der Waals surface area contributed by atoms with Crippen LogP contribution in [0.5, 0.6) is 17.2 Å². The Labute approximate surface area is 192 Å². The monoisotopic (exact) mass is 441 g/mol. The van der Waals surface area contributed by atoms with Crippen molar-refractivity contribution in [3.63, 3.8) is 0 Å². The number of hydrogen-bond acceptors (Lipinski definition) is 5. The summed E-state index contributed by atoms with van der Waals surface area (Å²) in [5, 5.41) is 0. The Bertz CT molecular complexity index is 1260. The first kappa shape index (κ1) is 21.9. The topological polar surface area (TPSA) is 65.1 Å². The highest BCUT2D eigenvalue weighted by Gasteiger charge is 2.38. The van der Waals surface area contributed by atoms with E-state index in [4.69, 9.17) is 14.2 Å². The van der Waals surface area contributed by atoms with Crippen LogP contribution in [0.4, 0.5) is 5.69 Å². The van der Waals surface area contributed by atoms with Gasteiger partial charge < -0.3 is 14.2 Å². The van der Waals surface area contributed by atoms with Gasteiger partial charge in [-0.2, -0.15) is 0 Å². The van der Waals surface area contributed by atoms with Gasteiger partial charge in [-0.3, -0.25) is 9.69 Å². The van der Waals surface area contributed by atoms with Crippen molar-refractivity contribution in [1.29, 1.82) is 0 Å². The van der Waals surface area contributed by atoms with Gasteiger partial charge in [0, 0.05) is 11.8 Å². The molecule has 0 radical (unpaired) electrons. The summed E-state index contributed by atoms with van der Waals surface area (Å²) in [6.07, 6.45) is 1.68. The van der Waals surface area contributed by atoms with Crippen LogP contribution in [0, 0.1) is 0 Å². The molecule has 6 nitrogen and oxygen atoms in total. The summed E-state index contributed by atoms with van der Waals surface area (Å²) in [6, 6.07) is 23.8. The molecule has 0 atom stereocenters. The smallest absolute Gasteiger partial charge is 0.340 e. The van der Waals surface area contributed by atoms with E-state index in [-0.39, 0.29) is 17.1 Å². The lowest BCUT2D eigenvalue weighted by Crippen LogP contribution is -2.24. The van der Waals surface area contributed by atoms with Crippen molar-refractivity contribution in [2.75, 3.05) is 19.1 Å². The molecule has 4 rings (SSSR count). The fraction of sp³-hybridized carbons (Fsp3) is 0.111. The Morgan fingerprint density at radius 2 is 1.55 bits per heavy atom. The van der Waals surface area contributed by atoms with Gasteiger partial charge in [-0.05, 0) is 55.0 Å². The SMILES string of the molecule is COC(=O)C1=C(C)N(c2cccc(OC)c2)C(=O)/C1=C\c1cccc(Oc2ccccc2)c1. The van der Waals surface area contributed by atoms with Gasteiger partial charge in [0.05, 0.1) is 31.1 Å². The molecule has 1 heterocycles. The molecule has 0 fully saturated rings. The third-order valence-corrected chi connectivity index (χ3v) is 5.25. The van der Waals surface area contributed by atoms with E-state index in [1.807, 2.05) is 54.6 Å². The van der Waals surface area contributed by atoms with E-state index >= 15 is 0 Å². The largest absolute Gasteiger partial charge is 0.497 e. The van der Waals surface area contributed by atoms with E-state index in [2.05, 4.69) is 0 Å². The average Bonchev–Trinajstić information content (AvgIpc) is 3.08. The summed E-state index contributed by atoms with van der Waals surface area (Å²) >= 11 is 0. The van der Waals surface area contributed by atoms with E-state index in [0.717, 1.165) is 0 Å². The second-order valence-electron chi connectivity index (χ2n) is 7.34. The molecule has 1 aliphatic rings. The van der Waals surface area contributed by atoms with E-state index in [1.165, 1.54) is 12.0 Å². The quantitative estimate of drug-likeness (QED) is 0.380. The molecule has 1 aliphatic heterocycles. The lowest BCUT2D eigenvalue weighted by Gasteiger charge is -2.18. The van der Waals surface area contributed by atoms with E-state index in [0.29, 0.717) is 34.2 Å². The highest BCUT2D eigenvalue weighted by molar-refractivity contribution is 6.23. The van der Waals surface area contributed by atoms with Gasteiger partial charge in [0.25, 0.3) is 5.91 Å². The molecule has 0 spiro atoms. The Hall–Kier alpha value is -4.32. The van der Waals surface area contributed by atoms with Gasteiger partial charge in [-0.15, -0.1) is 0 Å². The summed E-state index contributed by atoms with van der Waals surface area (Å²) in [5.41, 5.74) is 2.28. The Morgan fingerprint density at radius 3 is 2.27 bits per heavy atom. The fourth-order valence-corrected chi connectivity index (χ4v) is 3.70. The summed E-state index contributed by atoms with van der Waals surface area (Å²) in [4.78, 5) is 27.6. The summed E-state index contributed by atoms with van der Waals surface area (Å²) in [5.74, 6) is 1.03. The number of esters is 1. The lowest BCUT2D eigenvalue weighted by molar-refractivity contribution is -0.136. The van der Waals surface area contributed by atoms with Gasteiger partial charge in [0.1, 0.15) is 17.2 Å². The second-order valence-corrected chi connectivity index (χ2v) is 7.34. The minimum absolute atomic E-state index is 0.222. The van der Waals surface area contributed by atoms with Gasteiger partial charge in [0.15, 0.2) is 0 Å². The molecule has 0 aliphatic carbocycles. The van der Waals surface area contributed by atoms with E-state index < -0.39 is 5.97 Å². The maximum atomic E-state index is 13.5. The Balaban J connectivity index is 1.74. The number of carbonyl (C=O) groups excluding carboxylic acids is 2. The first-order valence-corrected chi connectivity index (χ1v) is 10.3. The maximum absolute atomic E-state index is 13.5. The number of hydrogen-bond donors (Lipinski definition) is 0. The van der Waals surface area contributed by atoms with Crippen molar-refractivity contribution in [3.05, 3.63) is 101 Å². The zero-order chi connectivity index (χ0) is 23.4. The zero-order valence-electron chi connectivity index (χ0n) is 18.6. The molecule has 3 aromatic rings. The lowest BCUT2D eigenvalue weighted by atomic mass is 10.0. The highest BCUT2D eigenvalue weighted by Crippen LogP contribution is 2.37. The molecule has 33 heavy (non-hydrogen) atoms. The molecule has 0 N–H and O–H groups in total. The number of rotatable bonds is 6. The number of methoxy groups -OCH3 is 2. The molecule has 1 amide bonds. The molecule has 3 aromatic carbocycles. The van der Waals surface area contributed by atoms with Crippen molar-refractivity contribution < 1.29 is 23.8 Å². The second kappa shape index (κ2) is 9.44. The van der Waals surface area contributed by atoms with Crippen LogP contribution in [0.25, 0.3) is 6.08 Å². The maximum Gasteiger partial charge on any atom is 0.340 e. The molecular formula is C27H23NO5. The molecule has 0 saturated heterocycles. The number of carbonyl (C=O) groups is 2. The van der Waals surface area contributed by atoms with E-state index in [1.54, 1.807) is 44.4 Å². The van der Waals surface area contributed by atoms with Gasteiger partial charge >= 0.3 is 5.97 Å². The average molecular weight is 441 g/mol. The molecule has 0 bridgehead atoms.